The van der Waals surface area contributed by atoms with E-state index in [-0.39, 0.29) is 0 Å². The lowest BCUT2D eigenvalue weighted by Gasteiger charge is -2.06. The summed E-state index contributed by atoms with van der Waals surface area (Å²) in [4.78, 5) is 0.856. The van der Waals surface area contributed by atoms with Gasteiger partial charge in [-0.25, -0.2) is 0 Å². The lowest BCUT2D eigenvalue weighted by molar-refractivity contribution is 0.332. The van der Waals surface area contributed by atoms with Crippen LogP contribution in [0.2, 0.25) is 0 Å². The smallest absolute Gasteiger partial charge is 0.133 e. The first-order chi connectivity index (χ1) is 5.25. The zero-order valence-electron chi connectivity index (χ0n) is 6.17. The van der Waals surface area contributed by atoms with Gasteiger partial charge in [0.05, 0.1) is 11.5 Å². The maximum Gasteiger partial charge on any atom is 0.133 e. The average Bonchev–Trinajstić information content (AvgIpc) is 1.99. The molecule has 1 rings (SSSR count). The zero-order chi connectivity index (χ0) is 8.27. The van der Waals surface area contributed by atoms with Crippen molar-refractivity contribution in [3.63, 3.8) is 0 Å². The molecule has 0 fully saturated rings. The van der Waals surface area contributed by atoms with Crippen molar-refractivity contribution in [2.24, 2.45) is 0 Å². The topological polar surface area (TPSA) is 9.23 Å². The van der Waals surface area contributed by atoms with Crippen LogP contribution in [0.25, 0.3) is 0 Å². The molecule has 0 heterocycles. The third-order valence-corrected chi connectivity index (χ3v) is 2.68. The number of halogens is 1. The van der Waals surface area contributed by atoms with Gasteiger partial charge in [0.15, 0.2) is 0 Å². The number of hydrogen-bond acceptors (Lipinski definition) is 2. The van der Waals surface area contributed by atoms with Crippen molar-refractivity contribution in [1.29, 1.82) is 0 Å². The van der Waals surface area contributed by atoms with E-state index in [4.69, 9.17) is 4.74 Å². The Hall–Kier alpha value is -0.150. The minimum absolute atomic E-state index is 0.671. The molecule has 0 spiro atoms. The quantitative estimate of drug-likeness (QED) is 0.772. The summed E-state index contributed by atoms with van der Waals surface area (Å²) < 4.78 is 6.28. The third-order valence-electron chi connectivity index (χ3n) is 1.25. The molecule has 11 heavy (non-hydrogen) atoms. The second-order valence-corrected chi connectivity index (χ2v) is 3.32. The summed E-state index contributed by atoms with van der Waals surface area (Å²) in [7, 11) is 0. The van der Waals surface area contributed by atoms with Crippen LogP contribution in [0.15, 0.2) is 27.6 Å². The van der Waals surface area contributed by atoms with Crippen LogP contribution in [0.3, 0.4) is 0 Å². The fourth-order valence-corrected chi connectivity index (χ4v) is 1.33. The fourth-order valence-electron chi connectivity index (χ4n) is 0.768. The predicted octanol–water partition coefficient (Wildman–Crippen LogP) is 3.14. The van der Waals surface area contributed by atoms with Crippen LogP contribution in [-0.4, -0.2) is 6.61 Å². The van der Waals surface area contributed by atoms with Gasteiger partial charge in [-0.1, -0.05) is 6.07 Å². The second-order valence-electron chi connectivity index (χ2n) is 2.02. The highest BCUT2D eigenvalue weighted by Crippen LogP contribution is 2.29. The molecule has 3 heteroatoms. The molecule has 0 N–H and O–H groups in total. The van der Waals surface area contributed by atoms with Crippen molar-refractivity contribution in [1.82, 2.24) is 0 Å². The van der Waals surface area contributed by atoms with Crippen LogP contribution >= 0.6 is 28.6 Å². The molecular formula is C8H9BrOS. The van der Waals surface area contributed by atoms with E-state index in [2.05, 4.69) is 28.6 Å². The number of thiol groups is 1. The number of benzene rings is 1. The molecule has 1 aromatic carbocycles. The minimum atomic E-state index is 0.671. The summed E-state index contributed by atoms with van der Waals surface area (Å²) in [6.45, 7) is 2.62. The normalized spacial score (nSPS) is 9.73. The minimum Gasteiger partial charge on any atom is -0.493 e. The van der Waals surface area contributed by atoms with Gasteiger partial charge in [-0.2, -0.15) is 0 Å². The Morgan fingerprint density at radius 1 is 1.55 bits per heavy atom. The van der Waals surface area contributed by atoms with Crippen molar-refractivity contribution in [2.45, 2.75) is 11.8 Å². The van der Waals surface area contributed by atoms with Gasteiger partial charge in [0.25, 0.3) is 0 Å². The Morgan fingerprint density at radius 3 is 2.91 bits per heavy atom. The van der Waals surface area contributed by atoms with E-state index in [1.54, 1.807) is 0 Å². The van der Waals surface area contributed by atoms with E-state index in [9.17, 15) is 0 Å². The Kier molecular flexibility index (Phi) is 3.27. The molecule has 0 saturated carbocycles. The first-order valence-corrected chi connectivity index (χ1v) is 4.60. The molecule has 0 bridgehead atoms. The molecule has 0 unspecified atom stereocenters. The number of rotatable bonds is 2. The highest BCUT2D eigenvalue weighted by molar-refractivity contribution is 9.10. The van der Waals surface area contributed by atoms with Gasteiger partial charge in [0.1, 0.15) is 5.75 Å². The van der Waals surface area contributed by atoms with Crippen LogP contribution in [0.1, 0.15) is 6.92 Å². The largest absolute Gasteiger partial charge is 0.493 e. The number of ether oxygens (including phenoxy) is 1. The Labute approximate surface area is 80.3 Å². The van der Waals surface area contributed by atoms with E-state index in [0.717, 1.165) is 15.1 Å². The summed E-state index contributed by atoms with van der Waals surface area (Å²) in [6.07, 6.45) is 0. The summed E-state index contributed by atoms with van der Waals surface area (Å²) >= 11 is 7.63. The molecule has 0 amide bonds. The maximum atomic E-state index is 5.31. The lowest BCUT2D eigenvalue weighted by atomic mass is 10.3. The summed E-state index contributed by atoms with van der Waals surface area (Å²) in [6, 6.07) is 5.76. The van der Waals surface area contributed by atoms with Crippen LogP contribution in [-0.2, 0) is 0 Å². The summed E-state index contributed by atoms with van der Waals surface area (Å²) in [5.41, 5.74) is 0. The van der Waals surface area contributed by atoms with Gasteiger partial charge in [-0.3, -0.25) is 0 Å². The molecule has 1 nitrogen and oxygen atoms in total. The highest BCUT2D eigenvalue weighted by Gasteiger charge is 2.01. The Bertz CT molecular complexity index is 250. The van der Waals surface area contributed by atoms with Crippen molar-refractivity contribution >= 4 is 28.6 Å². The van der Waals surface area contributed by atoms with E-state index in [0.29, 0.717) is 6.61 Å². The van der Waals surface area contributed by atoms with E-state index >= 15 is 0 Å². The third kappa shape index (κ3) is 2.14. The molecule has 60 valence electrons. The monoisotopic (exact) mass is 232 g/mol. The molecule has 0 saturated heterocycles. The van der Waals surface area contributed by atoms with E-state index < -0.39 is 0 Å². The fraction of sp³-hybridized carbons (Fsp3) is 0.250. The molecular weight excluding hydrogens is 224 g/mol. The second kappa shape index (κ2) is 4.02. The van der Waals surface area contributed by atoms with Gasteiger partial charge >= 0.3 is 0 Å². The molecule has 0 radical (unpaired) electrons. The number of hydrogen-bond donors (Lipinski definition) is 1. The van der Waals surface area contributed by atoms with Crippen molar-refractivity contribution in [2.75, 3.05) is 6.61 Å². The molecule has 0 aliphatic rings. The van der Waals surface area contributed by atoms with Crippen molar-refractivity contribution < 1.29 is 4.74 Å². The van der Waals surface area contributed by atoms with Gasteiger partial charge in [-0.05, 0) is 35.0 Å². The van der Waals surface area contributed by atoms with Crippen molar-refractivity contribution in [3.05, 3.63) is 22.7 Å². The van der Waals surface area contributed by atoms with Crippen LogP contribution in [0.4, 0.5) is 0 Å². The zero-order valence-corrected chi connectivity index (χ0v) is 8.65. The lowest BCUT2D eigenvalue weighted by Crippen LogP contribution is -1.92. The average molecular weight is 233 g/mol. The van der Waals surface area contributed by atoms with Crippen LogP contribution < -0.4 is 4.74 Å². The van der Waals surface area contributed by atoms with Gasteiger partial charge in [0, 0.05) is 4.47 Å². The first kappa shape index (κ1) is 8.94. The Morgan fingerprint density at radius 2 is 2.27 bits per heavy atom. The molecule has 0 atom stereocenters. The molecule has 0 aliphatic carbocycles. The molecule has 0 aliphatic heterocycles. The van der Waals surface area contributed by atoms with Gasteiger partial charge in [0.2, 0.25) is 0 Å². The first-order valence-electron chi connectivity index (χ1n) is 3.36. The molecule has 1 aromatic rings. The van der Waals surface area contributed by atoms with Crippen LogP contribution in [0.5, 0.6) is 5.75 Å². The van der Waals surface area contributed by atoms with Gasteiger partial charge < -0.3 is 4.74 Å². The molecule has 0 aromatic heterocycles. The summed E-state index contributed by atoms with van der Waals surface area (Å²) in [5.74, 6) is 0.824. The standard InChI is InChI=1S/C8H9BrOS/c1-2-10-7-5-3-4-6(9)8(7)11/h3-5,11H,2H2,1H3. The van der Waals surface area contributed by atoms with E-state index in [1.165, 1.54) is 0 Å². The SMILES string of the molecule is CCOc1cccc(Br)c1S. The predicted molar refractivity (Wildman–Crippen MR) is 52.6 cm³/mol. The highest BCUT2D eigenvalue weighted by atomic mass is 79.9. The van der Waals surface area contributed by atoms with Crippen LogP contribution in [0, 0.1) is 0 Å². The van der Waals surface area contributed by atoms with Crippen molar-refractivity contribution in [3.8, 4) is 5.75 Å². The van der Waals surface area contributed by atoms with E-state index in [1.807, 2.05) is 25.1 Å². The van der Waals surface area contributed by atoms with Gasteiger partial charge in [-0.15, -0.1) is 12.6 Å². The maximum absolute atomic E-state index is 5.31. The Balaban J connectivity index is 2.96. The summed E-state index contributed by atoms with van der Waals surface area (Å²) in [5, 5.41) is 0.